The molecule has 2 heterocycles. The zero-order valence-electron chi connectivity index (χ0n) is 28.0. The summed E-state index contributed by atoms with van der Waals surface area (Å²) in [5.74, 6) is -4.91. The van der Waals surface area contributed by atoms with Gasteiger partial charge in [-0.3, -0.25) is 4.79 Å². The van der Waals surface area contributed by atoms with Crippen molar-refractivity contribution >= 4 is 25.7 Å². The second-order valence-corrected chi connectivity index (χ2v) is 22.1. The number of carboxylic acid groups (broad SMARTS) is 1. The van der Waals surface area contributed by atoms with Gasteiger partial charge in [0.1, 0.15) is 5.70 Å². The number of carboxylic acids is 1. The molecule has 0 fully saturated rings. The van der Waals surface area contributed by atoms with Gasteiger partial charge in [-0.1, -0.05) is 126 Å². The van der Waals surface area contributed by atoms with Crippen molar-refractivity contribution in [3.63, 3.8) is 0 Å². The average molecular weight is 689 g/mol. The number of rotatable bonds is 11. The first-order valence-corrected chi connectivity index (χ1v) is 19.8. The van der Waals surface area contributed by atoms with Crippen molar-refractivity contribution < 1.29 is 19.8 Å². The SMILES string of the molecule is CS1(C)(C)(N)C=NC(/C(=N/OC(O)(c2cc(=O)ccn2C(c2ccccc2)c2ccccc2)C(c2ccccc2)c2ccccc2)C(=O)O)=C1. The van der Waals surface area contributed by atoms with E-state index < -0.39 is 43.3 Å². The predicted octanol–water partition coefficient (Wildman–Crippen LogP) is 6.44. The lowest BCUT2D eigenvalue weighted by molar-refractivity contribution is -0.227. The Hall–Kier alpha value is -5.55. The van der Waals surface area contributed by atoms with Gasteiger partial charge in [-0.05, 0) is 46.4 Å². The van der Waals surface area contributed by atoms with Crippen LogP contribution in [0.5, 0.6) is 0 Å². The number of carbonyl (C=O) groups is 1. The highest BCUT2D eigenvalue weighted by molar-refractivity contribution is 8.72. The Kier molecular flexibility index (Phi) is 8.51. The topological polar surface area (TPSA) is 140 Å². The van der Waals surface area contributed by atoms with Crippen molar-refractivity contribution in [1.82, 2.24) is 4.57 Å². The van der Waals surface area contributed by atoms with Gasteiger partial charge in [0.05, 0.1) is 17.7 Å². The molecule has 50 heavy (non-hydrogen) atoms. The van der Waals surface area contributed by atoms with Gasteiger partial charge in [-0.25, -0.2) is 18.3 Å². The van der Waals surface area contributed by atoms with Gasteiger partial charge >= 0.3 is 5.97 Å². The molecular formula is C40H40N4O5S. The minimum Gasteiger partial charge on any atom is -0.476 e. The Bertz CT molecular complexity index is 2100. The van der Waals surface area contributed by atoms with Gasteiger partial charge in [-0.2, -0.15) is 0 Å². The summed E-state index contributed by atoms with van der Waals surface area (Å²) in [4.78, 5) is 36.7. The maximum Gasteiger partial charge on any atom is 0.360 e. The minimum absolute atomic E-state index is 0.00406. The molecule has 0 saturated carbocycles. The van der Waals surface area contributed by atoms with Crippen LogP contribution in [-0.4, -0.2) is 50.8 Å². The molecule has 1 aromatic heterocycles. The van der Waals surface area contributed by atoms with E-state index in [0.29, 0.717) is 11.1 Å². The van der Waals surface area contributed by atoms with Crippen LogP contribution in [0.4, 0.5) is 0 Å². The van der Waals surface area contributed by atoms with Crippen LogP contribution in [0.15, 0.2) is 166 Å². The summed E-state index contributed by atoms with van der Waals surface area (Å²) in [5.41, 5.74) is 3.68. The van der Waals surface area contributed by atoms with Crippen molar-refractivity contribution in [3.05, 3.63) is 189 Å². The van der Waals surface area contributed by atoms with E-state index in [1.165, 1.54) is 12.1 Å². The molecule has 6 rings (SSSR count). The molecule has 1 atom stereocenters. The van der Waals surface area contributed by atoms with Crippen LogP contribution in [0.1, 0.15) is 39.9 Å². The van der Waals surface area contributed by atoms with E-state index in [0.717, 1.165) is 11.1 Å². The van der Waals surface area contributed by atoms with Crippen LogP contribution in [0.2, 0.25) is 0 Å². The summed E-state index contributed by atoms with van der Waals surface area (Å²) in [7, 11) is -3.47. The van der Waals surface area contributed by atoms with E-state index >= 15 is 0 Å². The largest absolute Gasteiger partial charge is 0.476 e. The molecule has 9 nitrogen and oxygen atoms in total. The highest BCUT2D eigenvalue weighted by atomic mass is 32.4. The van der Waals surface area contributed by atoms with Crippen LogP contribution in [-0.2, 0) is 15.4 Å². The molecule has 5 aromatic rings. The molecule has 1 aliphatic rings. The quantitative estimate of drug-likeness (QED) is 0.0829. The van der Waals surface area contributed by atoms with Crippen molar-refractivity contribution in [2.75, 3.05) is 18.8 Å². The first-order valence-electron chi connectivity index (χ1n) is 15.9. The van der Waals surface area contributed by atoms with Gasteiger partial charge in [-0.15, -0.1) is 0 Å². The molecule has 0 saturated heterocycles. The monoisotopic (exact) mass is 688 g/mol. The summed E-state index contributed by atoms with van der Waals surface area (Å²) < 4.78 is 1.78. The van der Waals surface area contributed by atoms with E-state index in [2.05, 4.69) is 10.1 Å². The lowest BCUT2D eigenvalue weighted by Crippen LogP contribution is -2.41. The number of pyridine rings is 1. The summed E-state index contributed by atoms with van der Waals surface area (Å²) in [6, 6.07) is 39.9. The number of hydrogen-bond donors (Lipinski definition) is 3. The van der Waals surface area contributed by atoms with E-state index in [4.69, 9.17) is 9.98 Å². The predicted molar refractivity (Wildman–Crippen MR) is 202 cm³/mol. The molecule has 256 valence electrons. The lowest BCUT2D eigenvalue weighted by atomic mass is 9.81. The van der Waals surface area contributed by atoms with Crippen LogP contribution >= 0.6 is 8.48 Å². The van der Waals surface area contributed by atoms with E-state index in [1.807, 2.05) is 140 Å². The third kappa shape index (κ3) is 7.23. The number of aliphatic hydroxyl groups is 1. The fourth-order valence-electron chi connectivity index (χ4n) is 6.20. The molecule has 0 radical (unpaired) electrons. The molecule has 1 aliphatic heterocycles. The fraction of sp³-hybridized carbons (Fsp3) is 0.150. The molecule has 1 unspecified atom stereocenters. The Labute approximate surface area is 290 Å². The zero-order valence-corrected chi connectivity index (χ0v) is 28.9. The van der Waals surface area contributed by atoms with Gasteiger partial charge in [0.2, 0.25) is 5.71 Å². The molecule has 0 spiro atoms. The zero-order chi connectivity index (χ0) is 35.6. The number of hydrogen-bond acceptors (Lipinski definition) is 7. The van der Waals surface area contributed by atoms with Gasteiger partial charge < -0.3 is 24.8 Å². The number of aliphatic carboxylic acids is 1. The number of nitrogens with zero attached hydrogens (tertiary/aromatic N) is 3. The summed E-state index contributed by atoms with van der Waals surface area (Å²) in [6.45, 7) is 0. The molecule has 10 heteroatoms. The van der Waals surface area contributed by atoms with Crippen molar-refractivity contribution in [2.24, 2.45) is 15.3 Å². The lowest BCUT2D eigenvalue weighted by Gasteiger charge is -2.61. The normalized spacial score (nSPS) is 18.6. The first kappa shape index (κ1) is 34.3. The second-order valence-electron chi connectivity index (χ2n) is 14.2. The van der Waals surface area contributed by atoms with E-state index in [1.54, 1.807) is 21.7 Å². The van der Waals surface area contributed by atoms with Crippen LogP contribution in [0.3, 0.4) is 0 Å². The van der Waals surface area contributed by atoms with Crippen LogP contribution in [0.25, 0.3) is 0 Å². The number of nitrogens with two attached hydrogens (primary N) is 1. The third-order valence-electron chi connectivity index (χ3n) is 8.44. The van der Waals surface area contributed by atoms with Crippen molar-refractivity contribution in [2.45, 2.75) is 17.7 Å². The van der Waals surface area contributed by atoms with Crippen LogP contribution < -0.4 is 10.6 Å². The molecular weight excluding hydrogens is 649 g/mol. The first-order chi connectivity index (χ1) is 23.7. The Morgan fingerprint density at radius 1 is 0.800 bits per heavy atom. The number of oxime groups is 1. The van der Waals surface area contributed by atoms with Crippen molar-refractivity contribution in [1.29, 1.82) is 0 Å². The average Bonchev–Trinajstić information content (AvgIpc) is 3.37. The standard InChI is InChI=1S/C40H40N4O5S/c1-50(2,3,41)27-34(42-28-50)37(39(46)47)43-49-40(48,36(29-16-8-4-9-17-29)30-18-10-5-11-19-30)35-26-33(45)24-25-44(35)38(31-20-12-6-13-21-31)32-22-14-7-15-23-32/h4-28,36,38,48H,41H2,1-3H3,(H,46,47)/b43-37-. The Morgan fingerprint density at radius 2 is 1.26 bits per heavy atom. The van der Waals surface area contributed by atoms with E-state index in [9.17, 15) is 19.8 Å². The fourth-order valence-corrected chi connectivity index (χ4v) is 7.91. The van der Waals surface area contributed by atoms with Gasteiger partial charge in [0.25, 0.3) is 5.79 Å². The Balaban J connectivity index is 1.66. The maximum atomic E-state index is 13.3. The highest BCUT2D eigenvalue weighted by Crippen LogP contribution is 2.76. The smallest absolute Gasteiger partial charge is 0.360 e. The molecule has 4 aromatic carbocycles. The second kappa shape index (κ2) is 12.4. The third-order valence-corrected chi connectivity index (χ3v) is 10.6. The number of benzene rings is 4. The van der Waals surface area contributed by atoms with Gasteiger partial charge in [0, 0.05) is 23.9 Å². The van der Waals surface area contributed by atoms with Crippen molar-refractivity contribution in [3.8, 4) is 0 Å². The van der Waals surface area contributed by atoms with Gasteiger partial charge in [0.15, 0.2) is 5.43 Å². The molecule has 0 bridgehead atoms. The molecule has 0 amide bonds. The minimum atomic E-state index is -3.47. The Morgan fingerprint density at radius 3 is 1.68 bits per heavy atom. The molecule has 4 N–H and O–H groups in total. The summed E-state index contributed by atoms with van der Waals surface area (Å²) >= 11 is 0. The van der Waals surface area contributed by atoms with Crippen LogP contribution in [0, 0.1) is 0 Å². The number of aromatic nitrogens is 1. The summed E-state index contributed by atoms with van der Waals surface area (Å²) in [6.07, 6.45) is 7.08. The molecule has 0 aliphatic carbocycles. The number of aliphatic imine (C=N–C) groups is 1. The highest BCUT2D eigenvalue weighted by Gasteiger charge is 2.48. The maximum absolute atomic E-state index is 13.3. The van der Waals surface area contributed by atoms with E-state index in [-0.39, 0.29) is 11.4 Å². The summed E-state index contributed by atoms with van der Waals surface area (Å²) in [5, 5.41) is 36.3.